The van der Waals surface area contributed by atoms with E-state index in [1.54, 1.807) is 0 Å². The van der Waals surface area contributed by atoms with E-state index in [9.17, 15) is 5.11 Å². The van der Waals surface area contributed by atoms with E-state index in [0.717, 1.165) is 51.0 Å². The smallest absolute Gasteiger partial charge is 0.108 e. The summed E-state index contributed by atoms with van der Waals surface area (Å²) in [6.45, 7) is 8.61. The molecule has 1 aromatic rings. The monoisotopic (exact) mass is 267 g/mol. The van der Waals surface area contributed by atoms with E-state index >= 15 is 0 Å². The minimum absolute atomic E-state index is 0.108. The summed E-state index contributed by atoms with van der Waals surface area (Å²) >= 11 is 0. The predicted molar refractivity (Wildman–Crippen MR) is 79.2 cm³/mol. The predicted octanol–water partition coefficient (Wildman–Crippen LogP) is 2.37. The van der Waals surface area contributed by atoms with E-state index in [2.05, 4.69) is 35.6 Å². The Morgan fingerprint density at radius 3 is 2.74 bits per heavy atom. The van der Waals surface area contributed by atoms with E-state index < -0.39 is 0 Å². The number of aryl methyl sites for hydroxylation is 2. The summed E-state index contributed by atoms with van der Waals surface area (Å²) in [6, 6.07) is 0. The van der Waals surface area contributed by atoms with Gasteiger partial charge in [-0.3, -0.25) is 0 Å². The largest absolute Gasteiger partial charge is 0.394 e. The van der Waals surface area contributed by atoms with Crippen LogP contribution in [0.25, 0.3) is 0 Å². The molecule has 1 unspecified atom stereocenters. The second kappa shape index (κ2) is 8.33. The Balaban J connectivity index is 2.48. The van der Waals surface area contributed by atoms with Gasteiger partial charge < -0.3 is 15.0 Å². The molecule has 1 atom stereocenters. The molecule has 0 saturated carbocycles. The highest BCUT2D eigenvalue weighted by Crippen LogP contribution is 2.18. The first kappa shape index (κ1) is 16.2. The molecule has 0 aliphatic rings. The Hall–Kier alpha value is -0.870. The normalized spacial score (nSPS) is 14.5. The van der Waals surface area contributed by atoms with Gasteiger partial charge in [0.05, 0.1) is 6.61 Å². The van der Waals surface area contributed by atoms with Crippen molar-refractivity contribution in [1.29, 1.82) is 0 Å². The van der Waals surface area contributed by atoms with Gasteiger partial charge in [-0.25, -0.2) is 4.98 Å². The van der Waals surface area contributed by atoms with Gasteiger partial charge in [-0.15, -0.1) is 0 Å². The van der Waals surface area contributed by atoms with Gasteiger partial charge in [0, 0.05) is 30.9 Å². The van der Waals surface area contributed by atoms with Gasteiger partial charge in [0.15, 0.2) is 0 Å². The Morgan fingerprint density at radius 1 is 1.37 bits per heavy atom. The number of imidazole rings is 1. The first-order chi connectivity index (χ1) is 9.21. The lowest BCUT2D eigenvalue weighted by Gasteiger charge is -2.32. The zero-order chi connectivity index (χ0) is 14.1. The molecular weight excluding hydrogens is 238 g/mol. The molecule has 0 fully saturated rings. The summed E-state index contributed by atoms with van der Waals surface area (Å²) in [5.41, 5.74) is -0.108. The molecule has 1 aromatic heterocycles. The van der Waals surface area contributed by atoms with Crippen LogP contribution in [0.5, 0.6) is 0 Å². The van der Waals surface area contributed by atoms with E-state index in [4.69, 9.17) is 0 Å². The summed E-state index contributed by atoms with van der Waals surface area (Å²) in [4.78, 5) is 4.34. The number of hydrogen-bond donors (Lipinski definition) is 2. The Kier molecular flexibility index (Phi) is 7.10. The fourth-order valence-corrected chi connectivity index (χ4v) is 2.47. The van der Waals surface area contributed by atoms with Crippen LogP contribution in [0.3, 0.4) is 0 Å². The summed E-state index contributed by atoms with van der Waals surface area (Å²) in [6.07, 6.45) is 9.02. The van der Waals surface area contributed by atoms with Gasteiger partial charge in [0.25, 0.3) is 0 Å². The highest BCUT2D eigenvalue weighted by molar-refractivity contribution is 4.92. The molecule has 1 rings (SSSR count). The fraction of sp³-hybridized carbons (Fsp3) is 0.800. The SMILES string of the molecule is CCCNC(CC)(CO)CCCn1ccnc1CC. The maximum absolute atomic E-state index is 9.68. The van der Waals surface area contributed by atoms with Crippen LogP contribution in [-0.2, 0) is 13.0 Å². The fourth-order valence-electron chi connectivity index (χ4n) is 2.47. The lowest BCUT2D eigenvalue weighted by molar-refractivity contribution is 0.143. The lowest BCUT2D eigenvalue weighted by Crippen LogP contribution is -2.48. The van der Waals surface area contributed by atoms with Crippen LogP contribution in [0, 0.1) is 0 Å². The third-order valence-corrected chi connectivity index (χ3v) is 3.90. The highest BCUT2D eigenvalue weighted by atomic mass is 16.3. The van der Waals surface area contributed by atoms with Gasteiger partial charge in [0.1, 0.15) is 5.82 Å². The van der Waals surface area contributed by atoms with E-state index in [-0.39, 0.29) is 12.1 Å². The number of aliphatic hydroxyl groups excluding tert-OH is 1. The number of nitrogens with one attached hydrogen (secondary N) is 1. The molecule has 0 bridgehead atoms. The standard InChI is InChI=1S/C15H29N3O/c1-4-9-17-15(6-3,13-19)8-7-11-18-12-10-16-14(18)5-2/h10,12,17,19H,4-9,11,13H2,1-3H3. The van der Waals surface area contributed by atoms with Crippen LogP contribution in [0.15, 0.2) is 12.4 Å². The second-order valence-corrected chi connectivity index (χ2v) is 5.21. The molecule has 4 nitrogen and oxygen atoms in total. The van der Waals surface area contributed by atoms with Crippen molar-refractivity contribution in [3.8, 4) is 0 Å². The van der Waals surface area contributed by atoms with Crippen LogP contribution < -0.4 is 5.32 Å². The average Bonchev–Trinajstić information content (AvgIpc) is 2.90. The summed E-state index contributed by atoms with van der Waals surface area (Å²) in [5, 5.41) is 13.2. The summed E-state index contributed by atoms with van der Waals surface area (Å²) < 4.78 is 2.22. The van der Waals surface area contributed by atoms with Gasteiger partial charge >= 0.3 is 0 Å². The number of hydrogen-bond acceptors (Lipinski definition) is 3. The van der Waals surface area contributed by atoms with Crippen molar-refractivity contribution in [1.82, 2.24) is 14.9 Å². The third kappa shape index (κ3) is 4.62. The zero-order valence-electron chi connectivity index (χ0n) is 12.7. The van der Waals surface area contributed by atoms with E-state index in [1.165, 1.54) is 0 Å². The minimum Gasteiger partial charge on any atom is -0.394 e. The van der Waals surface area contributed by atoms with Crippen LogP contribution in [0.1, 0.15) is 52.3 Å². The van der Waals surface area contributed by atoms with Crippen molar-refractivity contribution >= 4 is 0 Å². The van der Waals surface area contributed by atoms with Gasteiger partial charge in [-0.1, -0.05) is 20.8 Å². The van der Waals surface area contributed by atoms with Crippen molar-refractivity contribution in [3.05, 3.63) is 18.2 Å². The van der Waals surface area contributed by atoms with Gasteiger partial charge in [-0.2, -0.15) is 0 Å². The van der Waals surface area contributed by atoms with Crippen molar-refractivity contribution in [3.63, 3.8) is 0 Å². The first-order valence-electron chi connectivity index (χ1n) is 7.57. The summed E-state index contributed by atoms with van der Waals surface area (Å²) in [7, 11) is 0. The maximum Gasteiger partial charge on any atom is 0.108 e. The van der Waals surface area contributed by atoms with Crippen LogP contribution in [0.4, 0.5) is 0 Å². The molecule has 4 heteroatoms. The molecule has 0 aliphatic carbocycles. The molecule has 0 saturated heterocycles. The molecule has 1 heterocycles. The average molecular weight is 267 g/mol. The van der Waals surface area contributed by atoms with Gasteiger partial charge in [-0.05, 0) is 32.2 Å². The summed E-state index contributed by atoms with van der Waals surface area (Å²) in [5.74, 6) is 1.15. The molecule has 110 valence electrons. The molecule has 0 aromatic carbocycles. The Morgan fingerprint density at radius 2 is 2.16 bits per heavy atom. The van der Waals surface area contributed by atoms with Crippen LogP contribution in [-0.4, -0.2) is 33.3 Å². The number of aromatic nitrogens is 2. The first-order valence-corrected chi connectivity index (χ1v) is 7.57. The molecule has 0 amide bonds. The third-order valence-electron chi connectivity index (χ3n) is 3.90. The van der Waals surface area contributed by atoms with E-state index in [1.807, 2.05) is 12.4 Å². The van der Waals surface area contributed by atoms with Crippen molar-refractivity contribution in [2.24, 2.45) is 0 Å². The molecule has 2 N–H and O–H groups in total. The van der Waals surface area contributed by atoms with Crippen LogP contribution >= 0.6 is 0 Å². The molecule has 0 radical (unpaired) electrons. The lowest BCUT2D eigenvalue weighted by atomic mass is 9.91. The van der Waals surface area contributed by atoms with Crippen LogP contribution in [0.2, 0.25) is 0 Å². The van der Waals surface area contributed by atoms with Crippen molar-refractivity contribution in [2.75, 3.05) is 13.2 Å². The topological polar surface area (TPSA) is 50.1 Å². The Labute approximate surface area is 117 Å². The number of rotatable bonds is 10. The highest BCUT2D eigenvalue weighted by Gasteiger charge is 2.25. The quantitative estimate of drug-likeness (QED) is 0.684. The molecule has 0 aliphatic heterocycles. The number of nitrogens with zero attached hydrogens (tertiary/aromatic N) is 2. The second-order valence-electron chi connectivity index (χ2n) is 5.21. The zero-order valence-corrected chi connectivity index (χ0v) is 12.7. The minimum atomic E-state index is -0.108. The molecule has 19 heavy (non-hydrogen) atoms. The number of aliphatic hydroxyl groups is 1. The maximum atomic E-state index is 9.68. The van der Waals surface area contributed by atoms with Gasteiger partial charge in [0.2, 0.25) is 0 Å². The van der Waals surface area contributed by atoms with Crippen molar-refractivity contribution in [2.45, 2.75) is 65.0 Å². The Bertz CT molecular complexity index is 345. The van der Waals surface area contributed by atoms with E-state index in [0.29, 0.717) is 0 Å². The molecule has 0 spiro atoms. The molecular formula is C15H29N3O. The van der Waals surface area contributed by atoms with Crippen molar-refractivity contribution < 1.29 is 5.11 Å².